The molecule has 1 saturated heterocycles. The van der Waals surface area contributed by atoms with Gasteiger partial charge in [-0.15, -0.1) is 0 Å². The van der Waals surface area contributed by atoms with Crippen LogP contribution in [0.1, 0.15) is 24.4 Å². The molecule has 1 atom stereocenters. The number of hydrogen-bond donors (Lipinski definition) is 2. The molecule has 19 heavy (non-hydrogen) atoms. The molecule has 1 aliphatic rings. The van der Waals surface area contributed by atoms with Crippen molar-refractivity contribution in [2.75, 3.05) is 18.4 Å². The minimum absolute atomic E-state index is 0.0794. The molecule has 0 aromatic carbocycles. The number of carbonyl (C=O) groups is 1. The Hall–Kier alpha value is -2.15. The molecule has 0 aliphatic carbocycles. The second-order valence-corrected chi connectivity index (χ2v) is 4.59. The van der Waals surface area contributed by atoms with Crippen LogP contribution in [-0.4, -0.2) is 39.3 Å². The molecular weight excluding hydrogens is 246 g/mol. The summed E-state index contributed by atoms with van der Waals surface area (Å²) in [5, 5.41) is 13.1. The predicted octanol–water partition coefficient (Wildman–Crippen LogP) is 1.17. The fraction of sp³-hybridized carbons (Fsp3) is 0.417. The van der Waals surface area contributed by atoms with E-state index in [9.17, 15) is 4.79 Å². The van der Waals surface area contributed by atoms with Crippen molar-refractivity contribution < 1.29 is 9.32 Å². The summed E-state index contributed by atoms with van der Waals surface area (Å²) in [5.41, 5.74) is 1.13. The zero-order chi connectivity index (χ0) is 13.1. The van der Waals surface area contributed by atoms with Crippen molar-refractivity contribution in [3.05, 3.63) is 30.3 Å². The van der Waals surface area contributed by atoms with Gasteiger partial charge < -0.3 is 9.84 Å². The number of amides is 1. The van der Waals surface area contributed by atoms with Crippen molar-refractivity contribution in [3.63, 3.8) is 0 Å². The van der Waals surface area contributed by atoms with Crippen LogP contribution in [0.3, 0.4) is 0 Å². The van der Waals surface area contributed by atoms with Crippen molar-refractivity contribution in [2.24, 2.45) is 0 Å². The van der Waals surface area contributed by atoms with Crippen molar-refractivity contribution in [1.29, 1.82) is 0 Å². The third-order valence-electron chi connectivity index (χ3n) is 3.32. The van der Waals surface area contributed by atoms with Crippen LogP contribution in [-0.2, 0) is 4.79 Å². The Bertz CT molecular complexity index is 522. The van der Waals surface area contributed by atoms with E-state index >= 15 is 0 Å². The van der Waals surface area contributed by atoms with Gasteiger partial charge in [0.05, 0.1) is 12.7 Å². The molecule has 0 bridgehead atoms. The van der Waals surface area contributed by atoms with Crippen molar-refractivity contribution in [2.45, 2.75) is 18.9 Å². The Morgan fingerprint density at radius 1 is 1.63 bits per heavy atom. The van der Waals surface area contributed by atoms with E-state index in [-0.39, 0.29) is 11.9 Å². The summed E-state index contributed by atoms with van der Waals surface area (Å²) in [6.45, 7) is 1.27. The molecule has 2 aromatic heterocycles. The number of nitrogens with one attached hydrogen (secondary N) is 2. The van der Waals surface area contributed by atoms with Crippen molar-refractivity contribution in [3.8, 4) is 0 Å². The highest BCUT2D eigenvalue weighted by atomic mass is 16.5. The zero-order valence-corrected chi connectivity index (χ0v) is 10.4. The number of hydrogen-bond acceptors (Lipinski definition) is 5. The molecule has 2 aromatic rings. The number of H-pyrrole nitrogens is 1. The van der Waals surface area contributed by atoms with E-state index in [1.807, 2.05) is 12.4 Å². The van der Waals surface area contributed by atoms with Crippen LogP contribution in [0.15, 0.2) is 29.2 Å². The molecule has 2 N–H and O–H groups in total. The maximum Gasteiger partial charge on any atom is 0.239 e. The van der Waals surface area contributed by atoms with Crippen LogP contribution < -0.4 is 5.32 Å². The molecule has 1 unspecified atom stereocenters. The lowest BCUT2D eigenvalue weighted by molar-refractivity contribution is -0.117. The fourth-order valence-corrected chi connectivity index (χ4v) is 2.48. The molecule has 7 nitrogen and oxygen atoms in total. The molecule has 1 fully saturated rings. The first-order valence-electron chi connectivity index (χ1n) is 6.26. The molecule has 0 spiro atoms. The third kappa shape index (κ3) is 2.65. The average Bonchev–Trinajstić information content (AvgIpc) is 3.09. The number of rotatable bonds is 4. The van der Waals surface area contributed by atoms with Gasteiger partial charge in [-0.2, -0.15) is 5.10 Å². The van der Waals surface area contributed by atoms with Gasteiger partial charge in [-0.1, -0.05) is 5.16 Å². The van der Waals surface area contributed by atoms with Gasteiger partial charge in [-0.3, -0.25) is 14.8 Å². The van der Waals surface area contributed by atoms with Gasteiger partial charge in [-0.05, 0) is 19.4 Å². The number of likely N-dealkylation sites (tertiary alicyclic amines) is 1. The normalized spacial score (nSPS) is 19.7. The van der Waals surface area contributed by atoms with Gasteiger partial charge in [-0.25, -0.2) is 0 Å². The zero-order valence-electron chi connectivity index (χ0n) is 10.4. The summed E-state index contributed by atoms with van der Waals surface area (Å²) in [5.74, 6) is 0.369. The Balaban J connectivity index is 1.61. The lowest BCUT2D eigenvalue weighted by Gasteiger charge is -2.22. The van der Waals surface area contributed by atoms with E-state index in [4.69, 9.17) is 0 Å². The monoisotopic (exact) mass is 261 g/mol. The Morgan fingerprint density at radius 2 is 2.58 bits per heavy atom. The largest absolute Gasteiger partial charge is 0.363 e. The lowest BCUT2D eigenvalue weighted by atomic mass is 10.1. The van der Waals surface area contributed by atoms with E-state index in [2.05, 4.69) is 30.1 Å². The Labute approximate surface area is 110 Å². The molecule has 0 radical (unpaired) electrons. The predicted molar refractivity (Wildman–Crippen MR) is 67.3 cm³/mol. The van der Waals surface area contributed by atoms with Crippen LogP contribution in [0.5, 0.6) is 0 Å². The third-order valence-corrected chi connectivity index (χ3v) is 3.32. The quantitative estimate of drug-likeness (QED) is 0.862. The minimum atomic E-state index is -0.0794. The SMILES string of the molecule is O=C(CN1CCCC1c1cn[nH]c1)Nc1ccon1. The molecule has 0 saturated carbocycles. The van der Waals surface area contributed by atoms with Crippen molar-refractivity contribution in [1.82, 2.24) is 20.3 Å². The number of aromatic amines is 1. The van der Waals surface area contributed by atoms with Crippen LogP contribution >= 0.6 is 0 Å². The summed E-state index contributed by atoms with van der Waals surface area (Å²) < 4.78 is 4.67. The van der Waals surface area contributed by atoms with Gasteiger partial charge in [0.25, 0.3) is 0 Å². The summed E-state index contributed by atoms with van der Waals surface area (Å²) in [7, 11) is 0. The Morgan fingerprint density at radius 3 is 3.32 bits per heavy atom. The molecule has 3 heterocycles. The summed E-state index contributed by atoms with van der Waals surface area (Å²) >= 11 is 0. The highest BCUT2D eigenvalue weighted by Crippen LogP contribution is 2.30. The van der Waals surface area contributed by atoms with E-state index in [0.29, 0.717) is 12.4 Å². The topological polar surface area (TPSA) is 87.0 Å². The lowest BCUT2D eigenvalue weighted by Crippen LogP contribution is -2.32. The van der Waals surface area contributed by atoms with Crippen molar-refractivity contribution >= 4 is 11.7 Å². The van der Waals surface area contributed by atoms with Gasteiger partial charge in [0, 0.05) is 23.9 Å². The maximum absolute atomic E-state index is 11.9. The smallest absolute Gasteiger partial charge is 0.239 e. The van der Waals surface area contributed by atoms with Gasteiger partial charge in [0.15, 0.2) is 5.82 Å². The molecule has 100 valence electrons. The van der Waals surface area contributed by atoms with Crippen LogP contribution in [0, 0.1) is 0 Å². The highest BCUT2D eigenvalue weighted by Gasteiger charge is 2.28. The second-order valence-electron chi connectivity index (χ2n) is 4.59. The molecule has 3 rings (SSSR count). The maximum atomic E-state index is 11.9. The standard InChI is InChI=1S/C12H15N5O2/c18-12(15-11-3-5-19-16-11)8-17-4-1-2-10(17)9-6-13-14-7-9/h3,5-7,10H,1-2,4,8H2,(H,13,14)(H,15,16,18). The first kappa shape index (κ1) is 11.9. The molecule has 7 heteroatoms. The van der Waals surface area contributed by atoms with Crippen LogP contribution in [0.2, 0.25) is 0 Å². The molecular formula is C12H15N5O2. The van der Waals surface area contributed by atoms with Gasteiger partial charge in [0.1, 0.15) is 6.26 Å². The van der Waals surface area contributed by atoms with Crippen LogP contribution in [0.4, 0.5) is 5.82 Å². The van der Waals surface area contributed by atoms with E-state index < -0.39 is 0 Å². The summed E-state index contributed by atoms with van der Waals surface area (Å²) in [6, 6.07) is 1.89. The van der Waals surface area contributed by atoms with E-state index in [1.54, 1.807) is 6.07 Å². The number of anilines is 1. The number of nitrogens with zero attached hydrogens (tertiary/aromatic N) is 3. The summed E-state index contributed by atoms with van der Waals surface area (Å²) in [6.07, 6.45) is 7.28. The van der Waals surface area contributed by atoms with Gasteiger partial charge in [0.2, 0.25) is 5.91 Å². The van der Waals surface area contributed by atoms with Crippen LogP contribution in [0.25, 0.3) is 0 Å². The van der Waals surface area contributed by atoms with E-state index in [0.717, 1.165) is 24.9 Å². The minimum Gasteiger partial charge on any atom is -0.363 e. The number of aromatic nitrogens is 3. The highest BCUT2D eigenvalue weighted by molar-refractivity contribution is 5.91. The molecule has 1 aliphatic heterocycles. The second kappa shape index (κ2) is 5.23. The first-order valence-corrected chi connectivity index (χ1v) is 6.26. The fourth-order valence-electron chi connectivity index (χ4n) is 2.48. The van der Waals surface area contributed by atoms with E-state index in [1.165, 1.54) is 6.26 Å². The first-order chi connectivity index (χ1) is 9.33. The number of carbonyl (C=O) groups excluding carboxylic acids is 1. The summed E-state index contributed by atoms with van der Waals surface area (Å²) in [4.78, 5) is 14.1. The molecule has 1 amide bonds. The van der Waals surface area contributed by atoms with Gasteiger partial charge >= 0.3 is 0 Å². The average molecular weight is 261 g/mol. The Kier molecular flexibility index (Phi) is 3.28.